The van der Waals surface area contributed by atoms with Crippen LogP contribution in [0.1, 0.15) is 44.6 Å². The van der Waals surface area contributed by atoms with Gasteiger partial charge in [-0.15, -0.1) is 0 Å². The van der Waals surface area contributed by atoms with Gasteiger partial charge in [0.25, 0.3) is 5.91 Å². The molecule has 1 aliphatic heterocycles. The lowest BCUT2D eigenvalue weighted by atomic mass is 10.1. The van der Waals surface area contributed by atoms with Gasteiger partial charge in [-0.2, -0.15) is 5.26 Å². The van der Waals surface area contributed by atoms with E-state index >= 15 is 0 Å². The lowest BCUT2D eigenvalue weighted by Crippen LogP contribution is -2.31. The molecule has 0 aliphatic carbocycles. The van der Waals surface area contributed by atoms with Crippen LogP contribution >= 0.6 is 0 Å². The van der Waals surface area contributed by atoms with Gasteiger partial charge in [-0.1, -0.05) is 25.5 Å². The number of carbonyl (C=O) groups excluding carboxylic acids is 2. The summed E-state index contributed by atoms with van der Waals surface area (Å²) in [5.74, 6) is -0.221. The van der Waals surface area contributed by atoms with Crippen LogP contribution in [-0.2, 0) is 16.0 Å². The van der Waals surface area contributed by atoms with Crippen LogP contribution < -0.4 is 10.6 Å². The second-order valence-corrected chi connectivity index (χ2v) is 6.71. The fraction of sp³-hybridized carbons (Fsp3) is 0.476. The Morgan fingerprint density at radius 1 is 1.30 bits per heavy atom. The molecule has 0 unspecified atom stereocenters. The lowest BCUT2D eigenvalue weighted by molar-refractivity contribution is -0.127. The van der Waals surface area contributed by atoms with Crippen LogP contribution in [0, 0.1) is 11.3 Å². The summed E-state index contributed by atoms with van der Waals surface area (Å²) in [6.45, 7) is 4.06. The first-order chi connectivity index (χ1) is 13.1. The summed E-state index contributed by atoms with van der Waals surface area (Å²) in [4.78, 5) is 25.5. The summed E-state index contributed by atoms with van der Waals surface area (Å²) in [6.07, 6.45) is 7.04. The maximum atomic E-state index is 12.1. The minimum atomic E-state index is -0.405. The normalized spacial score (nSPS) is 14.1. The zero-order valence-electron chi connectivity index (χ0n) is 16.0. The molecule has 1 heterocycles. The highest BCUT2D eigenvalue weighted by molar-refractivity contribution is 5.97. The van der Waals surface area contributed by atoms with Crippen LogP contribution in [-0.4, -0.2) is 36.3 Å². The van der Waals surface area contributed by atoms with E-state index in [4.69, 9.17) is 0 Å². The Bertz CT molecular complexity index is 704. The molecule has 144 valence electrons. The summed E-state index contributed by atoms with van der Waals surface area (Å²) >= 11 is 0. The maximum absolute atomic E-state index is 12.1. The average molecular weight is 368 g/mol. The molecule has 1 fully saturated rings. The van der Waals surface area contributed by atoms with E-state index in [2.05, 4.69) is 29.7 Å². The third kappa shape index (κ3) is 6.78. The van der Waals surface area contributed by atoms with E-state index in [1.54, 1.807) is 0 Å². The average Bonchev–Trinajstić information content (AvgIpc) is 3.09. The zero-order chi connectivity index (χ0) is 19.5. The largest absolute Gasteiger partial charge is 0.360 e. The Labute approximate surface area is 161 Å². The predicted molar refractivity (Wildman–Crippen MR) is 106 cm³/mol. The van der Waals surface area contributed by atoms with E-state index < -0.39 is 5.91 Å². The van der Waals surface area contributed by atoms with Gasteiger partial charge in [0, 0.05) is 37.9 Å². The van der Waals surface area contributed by atoms with E-state index in [0.717, 1.165) is 37.9 Å². The van der Waals surface area contributed by atoms with Crippen molar-refractivity contribution in [3.8, 4) is 6.07 Å². The highest BCUT2D eigenvalue weighted by atomic mass is 16.2. The number of unbranched alkanes of at least 4 members (excludes halogenated alkanes) is 1. The van der Waals surface area contributed by atoms with E-state index in [1.807, 2.05) is 23.1 Å². The van der Waals surface area contributed by atoms with Crippen molar-refractivity contribution in [1.29, 1.82) is 5.26 Å². The summed E-state index contributed by atoms with van der Waals surface area (Å²) < 4.78 is 0. The number of hydrogen-bond donors (Lipinski definition) is 2. The molecule has 1 aromatic carbocycles. The van der Waals surface area contributed by atoms with Gasteiger partial charge in [0.2, 0.25) is 5.91 Å². The smallest absolute Gasteiger partial charge is 0.263 e. The third-order valence-corrected chi connectivity index (χ3v) is 4.58. The number of amides is 2. The summed E-state index contributed by atoms with van der Waals surface area (Å²) in [5, 5.41) is 14.9. The second-order valence-electron chi connectivity index (χ2n) is 6.71. The van der Waals surface area contributed by atoms with Crippen LogP contribution in [0.4, 0.5) is 5.69 Å². The fourth-order valence-corrected chi connectivity index (χ4v) is 2.96. The first-order valence-electron chi connectivity index (χ1n) is 9.65. The Balaban J connectivity index is 1.76. The minimum absolute atomic E-state index is 0.0299. The van der Waals surface area contributed by atoms with Gasteiger partial charge in [-0.05, 0) is 43.4 Å². The topological polar surface area (TPSA) is 85.2 Å². The van der Waals surface area contributed by atoms with Crippen molar-refractivity contribution in [3.63, 3.8) is 0 Å². The maximum Gasteiger partial charge on any atom is 0.263 e. The molecule has 1 aromatic rings. The molecule has 2 N–H and O–H groups in total. The van der Waals surface area contributed by atoms with Crippen LogP contribution in [0.3, 0.4) is 0 Å². The van der Waals surface area contributed by atoms with Crippen molar-refractivity contribution in [2.24, 2.45) is 0 Å². The van der Waals surface area contributed by atoms with Crippen molar-refractivity contribution in [1.82, 2.24) is 10.2 Å². The molecule has 1 saturated heterocycles. The van der Waals surface area contributed by atoms with Crippen molar-refractivity contribution < 1.29 is 9.59 Å². The quantitative estimate of drug-likeness (QED) is 0.378. The monoisotopic (exact) mass is 368 g/mol. The van der Waals surface area contributed by atoms with Crippen LogP contribution in [0.25, 0.3) is 0 Å². The SMILES string of the molecule is CCCCc1ccc(N/C=C(/C#N)C(=O)NCCCN2CCCC2=O)cc1. The molecule has 0 aromatic heterocycles. The lowest BCUT2D eigenvalue weighted by Gasteiger charge is -2.15. The molecule has 0 spiro atoms. The van der Waals surface area contributed by atoms with Crippen LogP contribution in [0.5, 0.6) is 0 Å². The number of nitriles is 1. The molecule has 6 heteroatoms. The molecule has 27 heavy (non-hydrogen) atoms. The van der Waals surface area contributed by atoms with Gasteiger partial charge in [-0.25, -0.2) is 0 Å². The number of hydrogen-bond acceptors (Lipinski definition) is 4. The Morgan fingerprint density at radius 2 is 2.07 bits per heavy atom. The van der Waals surface area contributed by atoms with Crippen molar-refractivity contribution in [3.05, 3.63) is 41.6 Å². The molecule has 0 radical (unpaired) electrons. The van der Waals surface area contributed by atoms with E-state index in [9.17, 15) is 14.9 Å². The van der Waals surface area contributed by atoms with Crippen molar-refractivity contribution in [2.45, 2.75) is 45.4 Å². The summed E-state index contributed by atoms with van der Waals surface area (Å²) in [7, 11) is 0. The fourth-order valence-electron chi connectivity index (χ4n) is 2.96. The Kier molecular flexibility index (Phi) is 8.37. The van der Waals surface area contributed by atoms with Crippen LogP contribution in [0.15, 0.2) is 36.0 Å². The molecule has 2 rings (SSSR count). The number of anilines is 1. The summed E-state index contributed by atoms with van der Waals surface area (Å²) in [5.41, 5.74) is 2.15. The molecular formula is C21H28N4O2. The van der Waals surface area contributed by atoms with E-state index in [0.29, 0.717) is 25.9 Å². The number of nitrogens with one attached hydrogen (secondary N) is 2. The van der Waals surface area contributed by atoms with Gasteiger partial charge in [0.15, 0.2) is 0 Å². The van der Waals surface area contributed by atoms with E-state index in [1.165, 1.54) is 11.8 Å². The minimum Gasteiger partial charge on any atom is -0.360 e. The molecule has 0 bridgehead atoms. The number of carbonyl (C=O) groups is 2. The predicted octanol–water partition coefficient (Wildman–Crippen LogP) is 2.98. The molecule has 0 atom stereocenters. The number of aryl methyl sites for hydroxylation is 1. The van der Waals surface area contributed by atoms with Gasteiger partial charge in [-0.3, -0.25) is 9.59 Å². The molecule has 0 saturated carbocycles. The van der Waals surface area contributed by atoms with Crippen molar-refractivity contribution in [2.75, 3.05) is 25.0 Å². The van der Waals surface area contributed by atoms with Crippen molar-refractivity contribution >= 4 is 17.5 Å². The highest BCUT2D eigenvalue weighted by Gasteiger charge is 2.19. The number of nitrogens with zero attached hydrogens (tertiary/aromatic N) is 2. The van der Waals surface area contributed by atoms with Crippen LogP contribution in [0.2, 0.25) is 0 Å². The molecule has 6 nitrogen and oxygen atoms in total. The Morgan fingerprint density at radius 3 is 2.70 bits per heavy atom. The number of likely N-dealkylation sites (tertiary alicyclic amines) is 1. The molecule has 2 amide bonds. The molecular weight excluding hydrogens is 340 g/mol. The first-order valence-corrected chi connectivity index (χ1v) is 9.65. The van der Waals surface area contributed by atoms with E-state index in [-0.39, 0.29) is 11.5 Å². The zero-order valence-corrected chi connectivity index (χ0v) is 16.0. The number of rotatable bonds is 10. The number of benzene rings is 1. The van der Waals surface area contributed by atoms with Gasteiger partial charge in [0.05, 0.1) is 0 Å². The molecule has 1 aliphatic rings. The third-order valence-electron chi connectivity index (χ3n) is 4.58. The highest BCUT2D eigenvalue weighted by Crippen LogP contribution is 2.12. The summed E-state index contributed by atoms with van der Waals surface area (Å²) in [6, 6.07) is 9.92. The van der Waals surface area contributed by atoms with Gasteiger partial charge < -0.3 is 15.5 Å². The standard InChI is InChI=1S/C21H28N4O2/c1-2-3-6-17-8-10-19(11-9-17)24-16-18(15-22)21(27)23-12-5-14-25-13-4-7-20(25)26/h8-11,16,24H,2-7,12-14H2,1H3,(H,23,27)/b18-16-. The first kappa shape index (κ1) is 20.5. The Hall–Kier alpha value is -2.81. The van der Waals surface area contributed by atoms with Gasteiger partial charge in [0.1, 0.15) is 11.6 Å². The van der Waals surface area contributed by atoms with Gasteiger partial charge >= 0.3 is 0 Å². The second kappa shape index (κ2) is 11.0.